The number of hydrogen-bond acceptors (Lipinski definition) is 3. The molecule has 0 fully saturated rings. The van der Waals surface area contributed by atoms with E-state index < -0.39 is 18.6 Å². The lowest BCUT2D eigenvalue weighted by atomic mass is 10.1. The van der Waals surface area contributed by atoms with Crippen LogP contribution in [0.3, 0.4) is 0 Å². The summed E-state index contributed by atoms with van der Waals surface area (Å²) in [6, 6.07) is 10.7. The molecule has 0 aliphatic carbocycles. The Morgan fingerprint density at radius 1 is 1.19 bits per heavy atom. The van der Waals surface area contributed by atoms with Crippen molar-refractivity contribution in [3.63, 3.8) is 0 Å². The molecule has 1 atom stereocenters. The van der Waals surface area contributed by atoms with E-state index >= 15 is 0 Å². The van der Waals surface area contributed by atoms with Crippen LogP contribution in [-0.2, 0) is 11.3 Å². The monoisotopic (exact) mass is 440 g/mol. The highest BCUT2D eigenvalue weighted by Gasteiger charge is 2.18. The van der Waals surface area contributed by atoms with Gasteiger partial charge in [0.05, 0.1) is 0 Å². The van der Waals surface area contributed by atoms with Crippen molar-refractivity contribution >= 4 is 27.7 Å². The van der Waals surface area contributed by atoms with Crippen molar-refractivity contribution in [2.24, 2.45) is 0 Å². The van der Waals surface area contributed by atoms with Crippen molar-refractivity contribution in [2.75, 3.05) is 0 Å². The standard InChI is InChI=1S/C19H19BrF2N2O3/c1-11-4-3-5-13(8-11)18(26)24-12(2)17(25)23-10-14-9-15(20)6-7-16(14)27-19(21)22/h3-9,12,19H,10H2,1-2H3,(H,23,25)(H,24,26). The van der Waals surface area contributed by atoms with Crippen molar-refractivity contribution in [3.05, 3.63) is 63.6 Å². The first-order valence-electron chi connectivity index (χ1n) is 8.14. The smallest absolute Gasteiger partial charge is 0.387 e. The van der Waals surface area contributed by atoms with E-state index in [1.807, 2.05) is 13.0 Å². The van der Waals surface area contributed by atoms with E-state index in [2.05, 4.69) is 31.3 Å². The molecule has 8 heteroatoms. The van der Waals surface area contributed by atoms with Gasteiger partial charge in [0.2, 0.25) is 5.91 Å². The molecule has 1 unspecified atom stereocenters. The molecule has 2 amide bonds. The predicted octanol–water partition coefficient (Wildman–Crippen LogP) is 3.79. The van der Waals surface area contributed by atoms with E-state index in [-0.39, 0.29) is 18.2 Å². The molecule has 2 N–H and O–H groups in total. The third-order valence-corrected chi connectivity index (χ3v) is 4.21. The Labute approximate surface area is 164 Å². The van der Waals surface area contributed by atoms with Crippen LogP contribution in [0, 0.1) is 6.92 Å². The molecule has 144 valence electrons. The number of carbonyl (C=O) groups is 2. The van der Waals surface area contributed by atoms with E-state index in [0.717, 1.165) is 5.56 Å². The first kappa shape index (κ1) is 20.8. The summed E-state index contributed by atoms with van der Waals surface area (Å²) in [6.07, 6.45) is 0. The molecule has 0 radical (unpaired) electrons. The summed E-state index contributed by atoms with van der Waals surface area (Å²) >= 11 is 3.25. The van der Waals surface area contributed by atoms with Gasteiger partial charge >= 0.3 is 6.61 Å². The molecule has 0 saturated carbocycles. The SMILES string of the molecule is Cc1cccc(C(=O)NC(C)C(=O)NCc2cc(Br)ccc2OC(F)F)c1. The molecule has 0 aliphatic rings. The normalized spacial score (nSPS) is 11.8. The molecule has 0 saturated heterocycles. The van der Waals surface area contributed by atoms with Crippen molar-refractivity contribution in [1.29, 1.82) is 0 Å². The Bertz CT molecular complexity index is 830. The molecule has 0 bridgehead atoms. The molecular formula is C19H19BrF2N2O3. The van der Waals surface area contributed by atoms with Gasteiger partial charge in [0, 0.05) is 22.1 Å². The largest absolute Gasteiger partial charge is 0.434 e. The summed E-state index contributed by atoms with van der Waals surface area (Å²) in [7, 11) is 0. The lowest BCUT2D eigenvalue weighted by Gasteiger charge is -2.16. The average Bonchev–Trinajstić information content (AvgIpc) is 2.61. The zero-order valence-corrected chi connectivity index (χ0v) is 16.3. The van der Waals surface area contributed by atoms with Crippen LogP contribution in [0.4, 0.5) is 8.78 Å². The fourth-order valence-corrected chi connectivity index (χ4v) is 2.77. The fraction of sp³-hybridized carbons (Fsp3) is 0.263. The van der Waals surface area contributed by atoms with Crippen LogP contribution in [0.2, 0.25) is 0 Å². The summed E-state index contributed by atoms with van der Waals surface area (Å²) in [4.78, 5) is 24.4. The van der Waals surface area contributed by atoms with Crippen LogP contribution in [0.15, 0.2) is 46.9 Å². The lowest BCUT2D eigenvalue weighted by Crippen LogP contribution is -2.44. The molecule has 0 heterocycles. The van der Waals surface area contributed by atoms with E-state index in [4.69, 9.17) is 0 Å². The number of amides is 2. The minimum Gasteiger partial charge on any atom is -0.434 e. The fourth-order valence-electron chi connectivity index (χ4n) is 2.36. The zero-order valence-electron chi connectivity index (χ0n) is 14.8. The van der Waals surface area contributed by atoms with Crippen LogP contribution in [-0.4, -0.2) is 24.5 Å². The lowest BCUT2D eigenvalue weighted by molar-refractivity contribution is -0.122. The van der Waals surface area contributed by atoms with Gasteiger partial charge in [0.15, 0.2) is 0 Å². The topological polar surface area (TPSA) is 67.4 Å². The number of aryl methyl sites for hydroxylation is 1. The average molecular weight is 441 g/mol. The van der Waals surface area contributed by atoms with Crippen molar-refractivity contribution in [1.82, 2.24) is 10.6 Å². The highest BCUT2D eigenvalue weighted by molar-refractivity contribution is 9.10. The molecular weight excluding hydrogens is 422 g/mol. The maximum atomic E-state index is 12.5. The maximum Gasteiger partial charge on any atom is 0.387 e. The predicted molar refractivity (Wildman–Crippen MR) is 101 cm³/mol. The molecule has 0 spiro atoms. The number of hydrogen-bond donors (Lipinski definition) is 2. The van der Waals surface area contributed by atoms with Gasteiger partial charge in [-0.3, -0.25) is 9.59 Å². The van der Waals surface area contributed by atoms with E-state index in [1.54, 1.807) is 37.3 Å². The molecule has 0 aromatic heterocycles. The van der Waals surface area contributed by atoms with Gasteiger partial charge in [-0.2, -0.15) is 8.78 Å². The second-order valence-corrected chi connectivity index (χ2v) is 6.83. The second kappa shape index (κ2) is 9.45. The van der Waals surface area contributed by atoms with Gasteiger partial charge in [-0.05, 0) is 44.2 Å². The molecule has 27 heavy (non-hydrogen) atoms. The van der Waals surface area contributed by atoms with Crippen LogP contribution in [0.25, 0.3) is 0 Å². The first-order valence-corrected chi connectivity index (χ1v) is 8.94. The highest BCUT2D eigenvalue weighted by atomic mass is 79.9. The number of alkyl halides is 2. The Balaban J connectivity index is 1.97. The van der Waals surface area contributed by atoms with Crippen molar-refractivity contribution in [3.8, 4) is 5.75 Å². The third-order valence-electron chi connectivity index (χ3n) is 3.71. The molecule has 5 nitrogen and oxygen atoms in total. The van der Waals surface area contributed by atoms with Gasteiger partial charge in [-0.15, -0.1) is 0 Å². The maximum absolute atomic E-state index is 12.5. The van der Waals surface area contributed by atoms with E-state index in [9.17, 15) is 18.4 Å². The number of nitrogens with one attached hydrogen (secondary N) is 2. The summed E-state index contributed by atoms with van der Waals surface area (Å²) in [6.45, 7) is 0.420. The van der Waals surface area contributed by atoms with E-state index in [0.29, 0.717) is 15.6 Å². The Hall–Kier alpha value is -2.48. The van der Waals surface area contributed by atoms with Crippen LogP contribution < -0.4 is 15.4 Å². The Kier molecular flexibility index (Phi) is 7.29. The van der Waals surface area contributed by atoms with Crippen LogP contribution in [0.5, 0.6) is 5.75 Å². The Morgan fingerprint density at radius 2 is 1.93 bits per heavy atom. The van der Waals surface area contributed by atoms with Crippen molar-refractivity contribution < 1.29 is 23.1 Å². The van der Waals surface area contributed by atoms with Gasteiger partial charge in [0.25, 0.3) is 5.91 Å². The number of rotatable bonds is 7. The van der Waals surface area contributed by atoms with Gasteiger partial charge in [-0.1, -0.05) is 33.6 Å². The molecule has 0 aliphatic heterocycles. The summed E-state index contributed by atoms with van der Waals surface area (Å²) < 4.78 is 30.1. The number of ether oxygens (including phenoxy) is 1. The Morgan fingerprint density at radius 3 is 2.59 bits per heavy atom. The quantitative estimate of drug-likeness (QED) is 0.687. The highest BCUT2D eigenvalue weighted by Crippen LogP contribution is 2.24. The van der Waals surface area contributed by atoms with Crippen molar-refractivity contribution in [2.45, 2.75) is 33.0 Å². The van der Waals surface area contributed by atoms with E-state index in [1.165, 1.54) is 6.07 Å². The van der Waals surface area contributed by atoms with Gasteiger partial charge < -0.3 is 15.4 Å². The summed E-state index contributed by atoms with van der Waals surface area (Å²) in [5.74, 6) is -0.838. The summed E-state index contributed by atoms with van der Waals surface area (Å²) in [5, 5.41) is 5.21. The second-order valence-electron chi connectivity index (χ2n) is 5.91. The molecule has 2 rings (SSSR count). The minimum atomic E-state index is -2.96. The van der Waals surface area contributed by atoms with Crippen LogP contribution in [0.1, 0.15) is 28.4 Å². The third kappa shape index (κ3) is 6.32. The number of halogens is 3. The van der Waals surface area contributed by atoms with Gasteiger partial charge in [0.1, 0.15) is 11.8 Å². The molecule has 2 aromatic rings. The number of benzene rings is 2. The molecule has 2 aromatic carbocycles. The minimum absolute atomic E-state index is 0.0228. The van der Waals surface area contributed by atoms with Crippen LogP contribution >= 0.6 is 15.9 Å². The zero-order chi connectivity index (χ0) is 20.0. The first-order chi connectivity index (χ1) is 12.8. The number of carbonyl (C=O) groups excluding carboxylic acids is 2. The van der Waals surface area contributed by atoms with Gasteiger partial charge in [-0.25, -0.2) is 0 Å². The summed E-state index contributed by atoms with van der Waals surface area (Å²) in [5.41, 5.74) is 1.77.